The van der Waals surface area contributed by atoms with Crippen molar-refractivity contribution in [1.82, 2.24) is 10.2 Å². The molecule has 3 nitrogen and oxygen atoms in total. The summed E-state index contributed by atoms with van der Waals surface area (Å²) in [6, 6.07) is 0. The number of piperidine rings is 2. The Kier molecular flexibility index (Phi) is 6.79. The van der Waals surface area contributed by atoms with Crippen LogP contribution in [0.3, 0.4) is 0 Å². The maximum Gasteiger partial charge on any atom is 0.0702 e. The van der Waals surface area contributed by atoms with E-state index in [2.05, 4.69) is 24.1 Å². The van der Waals surface area contributed by atoms with Gasteiger partial charge in [0.25, 0.3) is 0 Å². The molecular formula is C17H34N2O. The highest BCUT2D eigenvalue weighted by atomic mass is 16.5. The van der Waals surface area contributed by atoms with Gasteiger partial charge in [-0.3, -0.25) is 0 Å². The Bertz CT molecular complexity index is 258. The van der Waals surface area contributed by atoms with Crippen LogP contribution in [0.1, 0.15) is 58.8 Å². The van der Waals surface area contributed by atoms with E-state index in [-0.39, 0.29) is 0 Å². The lowest BCUT2D eigenvalue weighted by Crippen LogP contribution is -2.50. The van der Waals surface area contributed by atoms with Crippen molar-refractivity contribution in [2.75, 3.05) is 39.3 Å². The van der Waals surface area contributed by atoms with Gasteiger partial charge in [0.2, 0.25) is 0 Å². The second kappa shape index (κ2) is 8.35. The van der Waals surface area contributed by atoms with Crippen molar-refractivity contribution in [3.05, 3.63) is 0 Å². The fourth-order valence-electron chi connectivity index (χ4n) is 4.04. The smallest absolute Gasteiger partial charge is 0.0702 e. The second-order valence-corrected chi connectivity index (χ2v) is 6.90. The van der Waals surface area contributed by atoms with Crippen LogP contribution in [0.5, 0.6) is 0 Å². The maximum atomic E-state index is 5.99. The summed E-state index contributed by atoms with van der Waals surface area (Å²) in [4.78, 5) is 2.69. The zero-order chi connectivity index (χ0) is 14.3. The highest BCUT2D eigenvalue weighted by Crippen LogP contribution is 2.33. The van der Waals surface area contributed by atoms with E-state index in [1.165, 1.54) is 64.7 Å². The predicted molar refractivity (Wildman–Crippen MR) is 85.1 cm³/mol. The molecule has 0 amide bonds. The molecule has 20 heavy (non-hydrogen) atoms. The van der Waals surface area contributed by atoms with Crippen molar-refractivity contribution in [3.8, 4) is 0 Å². The van der Waals surface area contributed by atoms with Crippen LogP contribution in [0.25, 0.3) is 0 Å². The normalized spacial score (nSPS) is 32.4. The molecule has 2 unspecified atom stereocenters. The minimum absolute atomic E-state index is 0.485. The summed E-state index contributed by atoms with van der Waals surface area (Å²) in [5.74, 6) is 0. The molecule has 0 aromatic rings. The van der Waals surface area contributed by atoms with Gasteiger partial charge in [-0.1, -0.05) is 20.3 Å². The fraction of sp³-hybridized carbons (Fsp3) is 1.00. The number of likely N-dealkylation sites (tertiary alicyclic amines) is 1. The number of nitrogens with one attached hydrogen (secondary N) is 1. The second-order valence-electron chi connectivity index (χ2n) is 6.90. The van der Waals surface area contributed by atoms with E-state index < -0.39 is 0 Å². The number of ether oxygens (including phenoxy) is 1. The summed E-state index contributed by atoms with van der Waals surface area (Å²) >= 11 is 0. The largest absolute Gasteiger partial charge is 0.377 e. The van der Waals surface area contributed by atoms with E-state index in [0.717, 1.165) is 19.6 Å². The summed E-state index contributed by atoms with van der Waals surface area (Å²) in [7, 11) is 0. The van der Waals surface area contributed by atoms with Crippen LogP contribution in [0, 0.1) is 5.41 Å². The van der Waals surface area contributed by atoms with E-state index in [9.17, 15) is 0 Å². The Labute approximate surface area is 125 Å². The predicted octanol–water partition coefficient (Wildman–Crippen LogP) is 3.05. The first-order valence-electron chi connectivity index (χ1n) is 8.83. The van der Waals surface area contributed by atoms with Crippen LogP contribution in [-0.2, 0) is 4.74 Å². The average molecular weight is 282 g/mol. The average Bonchev–Trinajstić information content (AvgIpc) is 2.46. The van der Waals surface area contributed by atoms with E-state index in [0.29, 0.717) is 11.5 Å². The molecule has 3 heteroatoms. The third-order valence-electron chi connectivity index (χ3n) is 4.92. The Morgan fingerprint density at radius 1 is 1.25 bits per heavy atom. The van der Waals surface area contributed by atoms with E-state index >= 15 is 0 Å². The minimum Gasteiger partial charge on any atom is -0.377 e. The highest BCUT2D eigenvalue weighted by Gasteiger charge is 2.34. The molecule has 2 heterocycles. The van der Waals surface area contributed by atoms with Gasteiger partial charge in [-0.2, -0.15) is 0 Å². The molecule has 118 valence electrons. The first-order chi connectivity index (χ1) is 9.78. The van der Waals surface area contributed by atoms with Gasteiger partial charge in [0.15, 0.2) is 0 Å². The SMILES string of the molecule is CCCOC1CCCN(CC2(CCC)CCCNC2)C1. The maximum absolute atomic E-state index is 5.99. The minimum atomic E-state index is 0.485. The molecule has 2 aliphatic rings. The van der Waals surface area contributed by atoms with Gasteiger partial charge in [-0.15, -0.1) is 0 Å². The molecule has 0 bridgehead atoms. The van der Waals surface area contributed by atoms with Crippen LogP contribution in [0.15, 0.2) is 0 Å². The monoisotopic (exact) mass is 282 g/mol. The molecule has 0 aliphatic carbocycles. The van der Waals surface area contributed by atoms with E-state index in [4.69, 9.17) is 4.74 Å². The molecule has 2 atom stereocenters. The molecule has 2 rings (SSSR count). The number of hydrogen-bond acceptors (Lipinski definition) is 3. The van der Waals surface area contributed by atoms with Gasteiger partial charge in [0.05, 0.1) is 6.10 Å². The molecular weight excluding hydrogens is 248 g/mol. The first kappa shape index (κ1) is 16.3. The zero-order valence-electron chi connectivity index (χ0n) is 13.6. The lowest BCUT2D eigenvalue weighted by Gasteiger charge is -2.43. The van der Waals surface area contributed by atoms with Crippen molar-refractivity contribution in [2.24, 2.45) is 5.41 Å². The Balaban J connectivity index is 1.85. The van der Waals surface area contributed by atoms with Crippen molar-refractivity contribution in [2.45, 2.75) is 64.9 Å². The zero-order valence-corrected chi connectivity index (χ0v) is 13.6. The molecule has 1 N–H and O–H groups in total. The molecule has 2 saturated heterocycles. The number of nitrogens with zero attached hydrogens (tertiary/aromatic N) is 1. The first-order valence-corrected chi connectivity index (χ1v) is 8.83. The molecule has 0 aromatic carbocycles. The van der Waals surface area contributed by atoms with Crippen molar-refractivity contribution < 1.29 is 4.74 Å². The van der Waals surface area contributed by atoms with Crippen LogP contribution >= 0.6 is 0 Å². The summed E-state index contributed by atoms with van der Waals surface area (Å²) < 4.78 is 5.99. The van der Waals surface area contributed by atoms with Gasteiger partial charge < -0.3 is 15.0 Å². The standard InChI is InChI=1S/C17H34N2O/c1-3-8-17(9-6-10-18-14-17)15-19-11-5-7-16(13-19)20-12-4-2/h16,18H,3-15H2,1-2H3. The molecule has 0 spiro atoms. The van der Waals surface area contributed by atoms with E-state index in [1.807, 2.05) is 0 Å². The van der Waals surface area contributed by atoms with Crippen LogP contribution in [0.4, 0.5) is 0 Å². The fourth-order valence-corrected chi connectivity index (χ4v) is 4.04. The molecule has 2 aliphatic heterocycles. The molecule has 0 aromatic heterocycles. The molecule has 2 fully saturated rings. The van der Waals surface area contributed by atoms with Crippen LogP contribution in [-0.4, -0.2) is 50.3 Å². The summed E-state index contributed by atoms with van der Waals surface area (Å²) in [6.07, 6.45) is 9.63. The quantitative estimate of drug-likeness (QED) is 0.777. The van der Waals surface area contributed by atoms with Crippen molar-refractivity contribution >= 4 is 0 Å². The third-order valence-corrected chi connectivity index (χ3v) is 4.92. The number of rotatable bonds is 7. The van der Waals surface area contributed by atoms with Gasteiger partial charge in [-0.25, -0.2) is 0 Å². The summed E-state index contributed by atoms with van der Waals surface area (Å²) in [5.41, 5.74) is 0.527. The van der Waals surface area contributed by atoms with Gasteiger partial charge >= 0.3 is 0 Å². The Morgan fingerprint density at radius 2 is 2.15 bits per heavy atom. The topological polar surface area (TPSA) is 24.5 Å². The van der Waals surface area contributed by atoms with Crippen molar-refractivity contribution in [1.29, 1.82) is 0 Å². The molecule has 0 radical (unpaired) electrons. The van der Waals surface area contributed by atoms with Crippen molar-refractivity contribution in [3.63, 3.8) is 0 Å². The molecule has 0 saturated carbocycles. The third kappa shape index (κ3) is 4.71. The van der Waals surface area contributed by atoms with E-state index in [1.54, 1.807) is 0 Å². The highest BCUT2D eigenvalue weighted by molar-refractivity contribution is 4.89. The lowest BCUT2D eigenvalue weighted by atomic mass is 9.76. The Morgan fingerprint density at radius 3 is 2.85 bits per heavy atom. The van der Waals surface area contributed by atoms with Gasteiger partial charge in [0, 0.05) is 26.2 Å². The summed E-state index contributed by atoms with van der Waals surface area (Å²) in [5, 5.41) is 3.64. The van der Waals surface area contributed by atoms with Gasteiger partial charge in [-0.05, 0) is 57.0 Å². The van der Waals surface area contributed by atoms with Gasteiger partial charge in [0.1, 0.15) is 0 Å². The Hall–Kier alpha value is -0.120. The van der Waals surface area contributed by atoms with Crippen LogP contribution in [0.2, 0.25) is 0 Å². The van der Waals surface area contributed by atoms with Crippen LogP contribution < -0.4 is 5.32 Å². The number of hydrogen-bond donors (Lipinski definition) is 1. The summed E-state index contributed by atoms with van der Waals surface area (Å²) in [6.45, 7) is 11.6. The lowest BCUT2D eigenvalue weighted by molar-refractivity contribution is -0.0159.